The van der Waals surface area contributed by atoms with Gasteiger partial charge in [0.25, 0.3) is 0 Å². The number of halogens is 1. The van der Waals surface area contributed by atoms with Crippen molar-refractivity contribution in [2.45, 2.75) is 26.3 Å². The second-order valence-corrected chi connectivity index (χ2v) is 6.45. The van der Waals surface area contributed by atoms with Crippen LogP contribution in [0.15, 0.2) is 30.3 Å². The van der Waals surface area contributed by atoms with Crippen molar-refractivity contribution in [1.82, 2.24) is 5.32 Å². The summed E-state index contributed by atoms with van der Waals surface area (Å²) in [5.74, 6) is 0.787. The molecule has 0 saturated heterocycles. The van der Waals surface area contributed by atoms with E-state index in [9.17, 15) is 0 Å². The number of aryl methyl sites for hydroxylation is 1. The van der Waals surface area contributed by atoms with Crippen molar-refractivity contribution in [2.24, 2.45) is 0 Å². The average Bonchev–Trinajstić information content (AvgIpc) is 2.87. The van der Waals surface area contributed by atoms with Gasteiger partial charge in [-0.1, -0.05) is 24.6 Å². The molecule has 1 heterocycles. The third-order valence-electron chi connectivity index (χ3n) is 3.16. The first-order valence-corrected chi connectivity index (χ1v) is 7.98. The predicted octanol–water partition coefficient (Wildman–Crippen LogP) is 4.81. The lowest BCUT2D eigenvalue weighted by molar-refractivity contribution is 0.414. The Labute approximate surface area is 129 Å². The van der Waals surface area contributed by atoms with Crippen LogP contribution in [0.3, 0.4) is 0 Å². The Morgan fingerprint density at radius 1 is 1.30 bits per heavy atom. The largest absolute Gasteiger partial charge is 0.497 e. The highest BCUT2D eigenvalue weighted by Crippen LogP contribution is 2.34. The first-order chi connectivity index (χ1) is 9.65. The maximum absolute atomic E-state index is 6.42. The van der Waals surface area contributed by atoms with Crippen molar-refractivity contribution in [3.8, 4) is 5.75 Å². The van der Waals surface area contributed by atoms with Crippen LogP contribution in [-0.2, 0) is 0 Å². The monoisotopic (exact) mass is 309 g/mol. The molecule has 0 fully saturated rings. The van der Waals surface area contributed by atoms with Crippen LogP contribution < -0.4 is 10.1 Å². The van der Waals surface area contributed by atoms with Crippen LogP contribution in [0.5, 0.6) is 5.75 Å². The number of hydrogen-bond acceptors (Lipinski definition) is 3. The molecule has 0 radical (unpaired) electrons. The summed E-state index contributed by atoms with van der Waals surface area (Å²) in [5, 5.41) is 4.32. The lowest BCUT2D eigenvalue weighted by atomic mass is 10.0. The zero-order valence-electron chi connectivity index (χ0n) is 12.1. The molecule has 1 atom stereocenters. The van der Waals surface area contributed by atoms with E-state index >= 15 is 0 Å². The van der Waals surface area contributed by atoms with Crippen LogP contribution in [0.2, 0.25) is 5.02 Å². The maximum Gasteiger partial charge on any atom is 0.120 e. The van der Waals surface area contributed by atoms with E-state index in [1.165, 1.54) is 9.75 Å². The number of methoxy groups -OCH3 is 1. The van der Waals surface area contributed by atoms with Gasteiger partial charge in [0, 0.05) is 14.8 Å². The van der Waals surface area contributed by atoms with E-state index in [2.05, 4.69) is 31.3 Å². The molecule has 1 aromatic heterocycles. The Bertz CT molecular complexity index is 567. The molecule has 1 N–H and O–H groups in total. The highest BCUT2D eigenvalue weighted by Gasteiger charge is 2.18. The Hall–Kier alpha value is -1.03. The van der Waals surface area contributed by atoms with Gasteiger partial charge in [0.05, 0.1) is 13.2 Å². The fourth-order valence-electron chi connectivity index (χ4n) is 2.13. The minimum Gasteiger partial charge on any atom is -0.497 e. The molecule has 2 rings (SSSR count). The van der Waals surface area contributed by atoms with Gasteiger partial charge < -0.3 is 10.1 Å². The van der Waals surface area contributed by atoms with Gasteiger partial charge in [-0.2, -0.15) is 0 Å². The summed E-state index contributed by atoms with van der Waals surface area (Å²) in [5.41, 5.74) is 1.10. The second-order valence-electron chi connectivity index (χ2n) is 4.72. The molecule has 1 unspecified atom stereocenters. The summed E-state index contributed by atoms with van der Waals surface area (Å²) in [7, 11) is 1.65. The van der Waals surface area contributed by atoms with E-state index in [4.69, 9.17) is 16.3 Å². The predicted molar refractivity (Wildman–Crippen MR) is 87.2 cm³/mol. The van der Waals surface area contributed by atoms with Crippen molar-refractivity contribution in [2.75, 3.05) is 13.7 Å². The van der Waals surface area contributed by atoms with E-state index in [0.29, 0.717) is 0 Å². The van der Waals surface area contributed by atoms with Gasteiger partial charge in [0.1, 0.15) is 5.75 Å². The molecule has 0 spiro atoms. The zero-order chi connectivity index (χ0) is 14.5. The Balaban J connectivity index is 2.35. The Morgan fingerprint density at radius 2 is 2.10 bits per heavy atom. The van der Waals surface area contributed by atoms with Crippen molar-refractivity contribution >= 4 is 22.9 Å². The molecular weight excluding hydrogens is 290 g/mol. The molecule has 2 nitrogen and oxygen atoms in total. The zero-order valence-corrected chi connectivity index (χ0v) is 13.6. The van der Waals surface area contributed by atoms with Gasteiger partial charge in [-0.15, -0.1) is 11.3 Å². The molecule has 0 aliphatic carbocycles. The third-order valence-corrected chi connectivity index (χ3v) is 4.56. The average molecular weight is 310 g/mol. The fraction of sp³-hybridized carbons (Fsp3) is 0.375. The summed E-state index contributed by atoms with van der Waals surface area (Å²) in [6, 6.07) is 10.3. The van der Waals surface area contributed by atoms with E-state index < -0.39 is 0 Å². The lowest BCUT2D eigenvalue weighted by Gasteiger charge is -2.19. The summed E-state index contributed by atoms with van der Waals surface area (Å²) in [6.07, 6.45) is 1.09. The second kappa shape index (κ2) is 7.11. The first-order valence-electron chi connectivity index (χ1n) is 6.79. The minimum absolute atomic E-state index is 0.145. The summed E-state index contributed by atoms with van der Waals surface area (Å²) < 4.78 is 5.22. The number of rotatable bonds is 6. The van der Waals surface area contributed by atoms with Crippen molar-refractivity contribution in [3.05, 3.63) is 50.7 Å². The van der Waals surface area contributed by atoms with Crippen LogP contribution in [0.1, 0.15) is 34.7 Å². The number of ether oxygens (including phenoxy) is 1. The van der Waals surface area contributed by atoms with E-state index in [0.717, 1.165) is 29.3 Å². The van der Waals surface area contributed by atoms with E-state index in [1.54, 1.807) is 7.11 Å². The molecule has 0 amide bonds. The fourth-order valence-corrected chi connectivity index (χ4v) is 3.38. The van der Waals surface area contributed by atoms with Crippen molar-refractivity contribution < 1.29 is 4.74 Å². The van der Waals surface area contributed by atoms with Gasteiger partial charge in [0.2, 0.25) is 0 Å². The molecular formula is C16H20ClNOS. The molecule has 0 bridgehead atoms. The molecule has 2 aromatic rings. The molecule has 4 heteroatoms. The van der Waals surface area contributed by atoms with Crippen molar-refractivity contribution in [1.29, 1.82) is 0 Å². The van der Waals surface area contributed by atoms with Crippen LogP contribution >= 0.6 is 22.9 Å². The molecule has 108 valence electrons. The first kappa shape index (κ1) is 15.4. The highest BCUT2D eigenvalue weighted by molar-refractivity contribution is 7.12. The molecule has 20 heavy (non-hydrogen) atoms. The maximum atomic E-state index is 6.42. The number of benzene rings is 1. The number of thiophene rings is 1. The normalized spacial score (nSPS) is 12.4. The molecule has 0 saturated carbocycles. The summed E-state index contributed by atoms with van der Waals surface area (Å²) in [4.78, 5) is 2.61. The topological polar surface area (TPSA) is 21.3 Å². The SMILES string of the molecule is CCCNC(c1ccc(C)s1)c1ccc(OC)cc1Cl. The van der Waals surface area contributed by atoms with Gasteiger partial charge in [-0.3, -0.25) is 0 Å². The minimum atomic E-state index is 0.145. The molecule has 0 aliphatic heterocycles. The molecule has 1 aromatic carbocycles. The van der Waals surface area contributed by atoms with Gasteiger partial charge >= 0.3 is 0 Å². The number of nitrogens with one attached hydrogen (secondary N) is 1. The van der Waals surface area contributed by atoms with Crippen LogP contribution in [0.25, 0.3) is 0 Å². The van der Waals surface area contributed by atoms with Crippen LogP contribution in [0.4, 0.5) is 0 Å². The quantitative estimate of drug-likeness (QED) is 0.827. The Kier molecular flexibility index (Phi) is 5.46. The van der Waals surface area contributed by atoms with Crippen molar-refractivity contribution in [3.63, 3.8) is 0 Å². The molecule has 0 aliphatic rings. The summed E-state index contributed by atoms with van der Waals surface area (Å²) in [6.45, 7) is 5.25. The van der Waals surface area contributed by atoms with Crippen LogP contribution in [-0.4, -0.2) is 13.7 Å². The lowest BCUT2D eigenvalue weighted by Crippen LogP contribution is -2.22. The van der Waals surface area contributed by atoms with Gasteiger partial charge in [-0.05, 0) is 49.7 Å². The third kappa shape index (κ3) is 3.54. The van der Waals surface area contributed by atoms with Gasteiger partial charge in [0.15, 0.2) is 0 Å². The standard InChI is InChI=1S/C16H20ClNOS/c1-4-9-18-16(15-8-5-11(2)20-15)13-7-6-12(19-3)10-14(13)17/h5-8,10,16,18H,4,9H2,1-3H3. The Morgan fingerprint density at radius 3 is 2.65 bits per heavy atom. The summed E-state index contributed by atoms with van der Waals surface area (Å²) >= 11 is 8.23. The number of hydrogen-bond donors (Lipinski definition) is 1. The smallest absolute Gasteiger partial charge is 0.120 e. The highest BCUT2D eigenvalue weighted by atomic mass is 35.5. The van der Waals surface area contributed by atoms with E-state index in [-0.39, 0.29) is 6.04 Å². The van der Waals surface area contributed by atoms with E-state index in [1.807, 2.05) is 29.5 Å². The van der Waals surface area contributed by atoms with Crippen LogP contribution in [0, 0.1) is 6.92 Å². The van der Waals surface area contributed by atoms with Gasteiger partial charge in [-0.25, -0.2) is 0 Å².